The first kappa shape index (κ1) is 7.54. The number of aliphatic carboxylic acids is 1. The van der Waals surface area contributed by atoms with E-state index in [1.807, 2.05) is 0 Å². The normalized spacial score (nSPS) is 22.9. The van der Waals surface area contributed by atoms with Crippen LogP contribution in [0.4, 0.5) is 0 Å². The SMILES string of the molecule is NC1(CC(=O)[O-])CCCC1. The van der Waals surface area contributed by atoms with Crippen LogP contribution in [0.5, 0.6) is 0 Å². The lowest BCUT2D eigenvalue weighted by Crippen LogP contribution is -2.42. The molecule has 0 aromatic rings. The summed E-state index contributed by atoms with van der Waals surface area (Å²) >= 11 is 0. The number of carbonyl (C=O) groups is 1. The zero-order valence-corrected chi connectivity index (χ0v) is 5.93. The van der Waals surface area contributed by atoms with E-state index in [0.29, 0.717) is 0 Å². The van der Waals surface area contributed by atoms with E-state index in [1.54, 1.807) is 0 Å². The second-order valence-corrected chi connectivity index (χ2v) is 3.12. The second kappa shape index (κ2) is 2.58. The lowest BCUT2D eigenvalue weighted by atomic mass is 9.95. The van der Waals surface area contributed by atoms with Gasteiger partial charge in [-0.25, -0.2) is 0 Å². The molecule has 1 rings (SSSR count). The molecule has 0 amide bonds. The van der Waals surface area contributed by atoms with Gasteiger partial charge in [0.05, 0.1) is 0 Å². The van der Waals surface area contributed by atoms with E-state index >= 15 is 0 Å². The molecule has 3 nitrogen and oxygen atoms in total. The fourth-order valence-corrected chi connectivity index (χ4v) is 1.54. The molecule has 0 aromatic heterocycles. The van der Waals surface area contributed by atoms with Crippen molar-refractivity contribution in [2.24, 2.45) is 5.73 Å². The molecule has 0 heterocycles. The fraction of sp³-hybridized carbons (Fsp3) is 0.857. The molecular weight excluding hydrogens is 130 g/mol. The summed E-state index contributed by atoms with van der Waals surface area (Å²) in [4.78, 5) is 10.2. The Labute approximate surface area is 60.2 Å². The smallest absolute Gasteiger partial charge is 0.0432 e. The molecule has 0 atom stereocenters. The molecule has 3 heteroatoms. The van der Waals surface area contributed by atoms with Crippen molar-refractivity contribution in [1.82, 2.24) is 0 Å². The van der Waals surface area contributed by atoms with Gasteiger partial charge in [0.2, 0.25) is 0 Å². The van der Waals surface area contributed by atoms with Crippen LogP contribution in [-0.2, 0) is 4.79 Å². The Bertz CT molecular complexity index is 139. The van der Waals surface area contributed by atoms with Gasteiger partial charge in [-0.3, -0.25) is 0 Å². The maximum absolute atomic E-state index is 10.2. The van der Waals surface area contributed by atoms with Crippen LogP contribution in [0.2, 0.25) is 0 Å². The standard InChI is InChI=1S/C7H13NO2/c8-7(5-6(9)10)3-1-2-4-7/h1-5,8H2,(H,9,10)/p-1. The molecule has 58 valence electrons. The Morgan fingerprint density at radius 3 is 2.40 bits per heavy atom. The number of hydrogen-bond acceptors (Lipinski definition) is 3. The first-order chi connectivity index (χ1) is 4.62. The summed E-state index contributed by atoms with van der Waals surface area (Å²) in [7, 11) is 0. The third kappa shape index (κ3) is 1.70. The highest BCUT2D eigenvalue weighted by Gasteiger charge is 2.28. The monoisotopic (exact) mass is 142 g/mol. The van der Waals surface area contributed by atoms with E-state index in [2.05, 4.69) is 0 Å². The van der Waals surface area contributed by atoms with Crippen molar-refractivity contribution >= 4 is 5.97 Å². The lowest BCUT2D eigenvalue weighted by molar-refractivity contribution is -0.307. The summed E-state index contributed by atoms with van der Waals surface area (Å²) < 4.78 is 0. The average Bonchev–Trinajstić information content (AvgIpc) is 2.12. The summed E-state index contributed by atoms with van der Waals surface area (Å²) in [5, 5.41) is 10.2. The average molecular weight is 142 g/mol. The molecule has 1 aliphatic rings. The van der Waals surface area contributed by atoms with Crippen molar-refractivity contribution in [2.45, 2.75) is 37.6 Å². The molecule has 1 saturated carbocycles. The molecule has 0 saturated heterocycles. The van der Waals surface area contributed by atoms with Gasteiger partial charge in [-0.15, -0.1) is 0 Å². The van der Waals surface area contributed by atoms with E-state index in [0.717, 1.165) is 25.7 Å². The van der Waals surface area contributed by atoms with Gasteiger partial charge in [-0.1, -0.05) is 12.8 Å². The third-order valence-corrected chi connectivity index (χ3v) is 2.10. The first-order valence-corrected chi connectivity index (χ1v) is 3.61. The van der Waals surface area contributed by atoms with Crippen LogP contribution in [0.1, 0.15) is 32.1 Å². The van der Waals surface area contributed by atoms with Crippen molar-refractivity contribution in [2.75, 3.05) is 0 Å². The fourth-order valence-electron chi connectivity index (χ4n) is 1.54. The van der Waals surface area contributed by atoms with Gasteiger partial charge in [0.15, 0.2) is 0 Å². The minimum absolute atomic E-state index is 0.0208. The maximum atomic E-state index is 10.2. The van der Waals surface area contributed by atoms with Gasteiger partial charge in [0.1, 0.15) is 0 Å². The number of nitrogens with two attached hydrogens (primary N) is 1. The molecule has 1 aliphatic carbocycles. The van der Waals surface area contributed by atoms with Crippen LogP contribution in [0.15, 0.2) is 0 Å². The van der Waals surface area contributed by atoms with E-state index in [1.165, 1.54) is 0 Å². The van der Waals surface area contributed by atoms with Gasteiger partial charge in [0, 0.05) is 17.9 Å². The van der Waals surface area contributed by atoms with Crippen LogP contribution in [0, 0.1) is 0 Å². The predicted octanol–water partition coefficient (Wildman–Crippen LogP) is -0.602. The number of hydrogen-bond donors (Lipinski definition) is 1. The molecule has 1 fully saturated rings. The van der Waals surface area contributed by atoms with Crippen molar-refractivity contribution in [3.05, 3.63) is 0 Å². The number of carbonyl (C=O) groups excluding carboxylic acids is 1. The maximum Gasteiger partial charge on any atom is 0.0432 e. The summed E-state index contributed by atoms with van der Waals surface area (Å²) in [6, 6.07) is 0. The van der Waals surface area contributed by atoms with E-state index in [-0.39, 0.29) is 6.42 Å². The molecule has 0 bridgehead atoms. The molecule has 2 N–H and O–H groups in total. The summed E-state index contributed by atoms with van der Waals surface area (Å²) in [5.41, 5.74) is 5.29. The van der Waals surface area contributed by atoms with Crippen molar-refractivity contribution in [3.8, 4) is 0 Å². The molecule has 0 aliphatic heterocycles. The van der Waals surface area contributed by atoms with Gasteiger partial charge >= 0.3 is 0 Å². The van der Waals surface area contributed by atoms with Gasteiger partial charge in [0.25, 0.3) is 0 Å². The minimum Gasteiger partial charge on any atom is -0.550 e. The minimum atomic E-state index is -1.02. The number of rotatable bonds is 2. The highest BCUT2D eigenvalue weighted by Crippen LogP contribution is 2.29. The number of carboxylic acids is 1. The molecule has 0 spiro atoms. The topological polar surface area (TPSA) is 66.2 Å². The zero-order valence-electron chi connectivity index (χ0n) is 5.93. The first-order valence-electron chi connectivity index (χ1n) is 3.61. The van der Waals surface area contributed by atoms with Crippen molar-refractivity contribution in [1.29, 1.82) is 0 Å². The third-order valence-electron chi connectivity index (χ3n) is 2.10. The molecule has 10 heavy (non-hydrogen) atoms. The van der Waals surface area contributed by atoms with E-state index in [4.69, 9.17) is 5.73 Å². The quantitative estimate of drug-likeness (QED) is 0.559. The molecule has 0 unspecified atom stereocenters. The Morgan fingerprint density at radius 2 is 2.00 bits per heavy atom. The van der Waals surface area contributed by atoms with Crippen LogP contribution < -0.4 is 10.8 Å². The van der Waals surface area contributed by atoms with Crippen LogP contribution >= 0.6 is 0 Å². The zero-order chi connectivity index (χ0) is 7.61. The molecule has 0 aromatic carbocycles. The second-order valence-electron chi connectivity index (χ2n) is 3.12. The Morgan fingerprint density at radius 1 is 1.50 bits per heavy atom. The van der Waals surface area contributed by atoms with Gasteiger partial charge in [-0.2, -0.15) is 0 Å². The Kier molecular flexibility index (Phi) is 1.94. The van der Waals surface area contributed by atoms with Crippen molar-refractivity contribution in [3.63, 3.8) is 0 Å². The Balaban J connectivity index is 2.43. The van der Waals surface area contributed by atoms with Crippen molar-refractivity contribution < 1.29 is 9.90 Å². The summed E-state index contributed by atoms with van der Waals surface area (Å²) in [5.74, 6) is -1.02. The largest absolute Gasteiger partial charge is 0.550 e. The number of carboxylic acid groups (broad SMARTS) is 1. The Hall–Kier alpha value is -0.570. The highest BCUT2D eigenvalue weighted by atomic mass is 16.4. The highest BCUT2D eigenvalue weighted by molar-refractivity contribution is 5.66. The summed E-state index contributed by atoms with van der Waals surface area (Å²) in [6.45, 7) is 0. The molecule has 0 radical (unpaired) electrons. The van der Waals surface area contributed by atoms with Gasteiger partial charge in [-0.05, 0) is 12.8 Å². The van der Waals surface area contributed by atoms with Crippen LogP contribution in [-0.4, -0.2) is 11.5 Å². The molecular formula is C7H12NO2-. The predicted molar refractivity (Wildman–Crippen MR) is 35.0 cm³/mol. The summed E-state index contributed by atoms with van der Waals surface area (Å²) in [6.07, 6.45) is 3.81. The van der Waals surface area contributed by atoms with Gasteiger partial charge < -0.3 is 15.6 Å². The van der Waals surface area contributed by atoms with Crippen LogP contribution in [0.3, 0.4) is 0 Å². The van der Waals surface area contributed by atoms with Crippen LogP contribution in [0.25, 0.3) is 0 Å². The lowest BCUT2D eigenvalue weighted by Gasteiger charge is -2.23. The van der Waals surface area contributed by atoms with E-state index in [9.17, 15) is 9.90 Å². The van der Waals surface area contributed by atoms with E-state index < -0.39 is 11.5 Å².